The first-order valence-corrected chi connectivity index (χ1v) is 5.82. The zero-order valence-corrected chi connectivity index (χ0v) is 11.3. The molecule has 0 aliphatic heterocycles. The molecule has 98 valence electrons. The SMILES string of the molecule is C=C(CNC)COc1c(Br)cc(F)cc1[N+](=O)[O-]. The molecule has 0 aliphatic carbocycles. The first-order valence-electron chi connectivity index (χ1n) is 5.03. The monoisotopic (exact) mass is 318 g/mol. The number of rotatable bonds is 6. The van der Waals surface area contributed by atoms with Crippen LogP contribution in [0.2, 0.25) is 0 Å². The van der Waals surface area contributed by atoms with Gasteiger partial charge in [-0.3, -0.25) is 10.1 Å². The predicted molar refractivity (Wildman–Crippen MR) is 69.3 cm³/mol. The highest BCUT2D eigenvalue weighted by Gasteiger charge is 2.20. The Hall–Kier alpha value is -1.47. The van der Waals surface area contributed by atoms with Crippen molar-refractivity contribution in [2.24, 2.45) is 0 Å². The molecule has 0 heterocycles. The van der Waals surface area contributed by atoms with Crippen molar-refractivity contribution in [2.75, 3.05) is 20.2 Å². The van der Waals surface area contributed by atoms with Crippen molar-refractivity contribution in [2.45, 2.75) is 0 Å². The van der Waals surface area contributed by atoms with Crippen molar-refractivity contribution in [1.82, 2.24) is 5.32 Å². The first kappa shape index (κ1) is 14.6. The Morgan fingerprint density at radius 2 is 2.33 bits per heavy atom. The molecule has 0 spiro atoms. The summed E-state index contributed by atoms with van der Waals surface area (Å²) in [6.45, 7) is 4.39. The number of nitrogens with one attached hydrogen (secondary N) is 1. The summed E-state index contributed by atoms with van der Waals surface area (Å²) >= 11 is 3.04. The van der Waals surface area contributed by atoms with E-state index in [1.807, 2.05) is 0 Å². The molecule has 1 N–H and O–H groups in total. The Bertz CT molecular complexity index is 480. The summed E-state index contributed by atoms with van der Waals surface area (Å²) in [4.78, 5) is 10.1. The maximum atomic E-state index is 13.1. The lowest BCUT2D eigenvalue weighted by molar-refractivity contribution is -0.386. The lowest BCUT2D eigenvalue weighted by atomic mass is 10.3. The van der Waals surface area contributed by atoms with Gasteiger partial charge in [-0.2, -0.15) is 0 Å². The minimum Gasteiger partial charge on any atom is -0.481 e. The van der Waals surface area contributed by atoms with Gasteiger partial charge in [0.15, 0.2) is 0 Å². The third kappa shape index (κ3) is 3.78. The van der Waals surface area contributed by atoms with Crippen molar-refractivity contribution < 1.29 is 14.1 Å². The Kier molecular flexibility index (Phi) is 5.24. The van der Waals surface area contributed by atoms with Crippen LogP contribution in [-0.4, -0.2) is 25.1 Å². The van der Waals surface area contributed by atoms with E-state index >= 15 is 0 Å². The molecule has 0 unspecified atom stereocenters. The van der Waals surface area contributed by atoms with Crippen molar-refractivity contribution >= 4 is 21.6 Å². The van der Waals surface area contributed by atoms with Crippen LogP contribution in [0.5, 0.6) is 5.75 Å². The maximum absolute atomic E-state index is 13.1. The van der Waals surface area contributed by atoms with Crippen molar-refractivity contribution in [1.29, 1.82) is 0 Å². The second-order valence-electron chi connectivity index (χ2n) is 3.56. The van der Waals surface area contributed by atoms with E-state index in [9.17, 15) is 14.5 Å². The number of halogens is 2. The van der Waals surface area contributed by atoms with Crippen molar-refractivity contribution in [3.8, 4) is 5.75 Å². The van der Waals surface area contributed by atoms with E-state index in [0.29, 0.717) is 6.54 Å². The molecule has 0 aromatic heterocycles. The first-order chi connectivity index (χ1) is 8.45. The van der Waals surface area contributed by atoms with Crippen LogP contribution in [0.25, 0.3) is 0 Å². The quantitative estimate of drug-likeness (QED) is 0.497. The average Bonchev–Trinajstić information content (AvgIpc) is 2.27. The molecule has 0 atom stereocenters. The third-order valence-corrected chi connectivity index (χ3v) is 2.62. The fourth-order valence-corrected chi connectivity index (χ4v) is 1.84. The van der Waals surface area contributed by atoms with Gasteiger partial charge in [0, 0.05) is 6.54 Å². The van der Waals surface area contributed by atoms with E-state index in [-0.39, 0.29) is 16.8 Å². The molecule has 0 bridgehead atoms. The van der Waals surface area contributed by atoms with Crippen LogP contribution in [0.15, 0.2) is 28.8 Å². The summed E-state index contributed by atoms with van der Waals surface area (Å²) in [5, 5.41) is 13.7. The molecular weight excluding hydrogens is 307 g/mol. The van der Waals surface area contributed by atoms with E-state index in [4.69, 9.17) is 4.74 Å². The van der Waals surface area contributed by atoms with Crippen molar-refractivity contribution in [3.63, 3.8) is 0 Å². The number of hydrogen-bond donors (Lipinski definition) is 1. The summed E-state index contributed by atoms with van der Waals surface area (Å²) in [5.41, 5.74) is 0.308. The topological polar surface area (TPSA) is 64.4 Å². The lowest BCUT2D eigenvalue weighted by Crippen LogP contribution is -2.15. The Labute approximate surface area is 112 Å². The minimum absolute atomic E-state index is 0.00125. The Balaban J connectivity index is 2.93. The number of benzene rings is 1. The van der Waals surface area contributed by atoms with Gasteiger partial charge in [-0.15, -0.1) is 0 Å². The minimum atomic E-state index is -0.699. The van der Waals surface area contributed by atoms with Gasteiger partial charge in [-0.25, -0.2) is 4.39 Å². The van der Waals surface area contributed by atoms with Crippen LogP contribution in [-0.2, 0) is 0 Å². The molecule has 0 aliphatic rings. The van der Waals surface area contributed by atoms with Gasteiger partial charge >= 0.3 is 5.69 Å². The molecule has 0 radical (unpaired) electrons. The van der Waals surface area contributed by atoms with Gasteiger partial charge in [-0.05, 0) is 34.6 Å². The van der Waals surface area contributed by atoms with Crippen molar-refractivity contribution in [3.05, 3.63) is 44.7 Å². The number of likely N-dealkylation sites (N-methyl/N-ethyl adjacent to an activating group) is 1. The molecule has 0 amide bonds. The second kappa shape index (κ2) is 6.46. The van der Waals surface area contributed by atoms with Crippen LogP contribution < -0.4 is 10.1 Å². The fourth-order valence-electron chi connectivity index (χ4n) is 1.30. The number of nitro groups is 1. The largest absolute Gasteiger partial charge is 0.481 e. The van der Waals surface area contributed by atoms with Crippen LogP contribution >= 0.6 is 15.9 Å². The molecule has 1 aromatic carbocycles. The summed E-state index contributed by atoms with van der Waals surface area (Å²) in [7, 11) is 1.75. The number of nitrogens with zero attached hydrogens (tertiary/aromatic N) is 1. The van der Waals surface area contributed by atoms with Crippen LogP contribution in [0, 0.1) is 15.9 Å². The Morgan fingerprint density at radius 3 is 2.89 bits per heavy atom. The maximum Gasteiger partial charge on any atom is 0.315 e. The molecule has 0 fully saturated rings. The molecule has 1 rings (SSSR count). The molecule has 0 saturated heterocycles. The molecule has 5 nitrogen and oxygen atoms in total. The normalized spacial score (nSPS) is 10.2. The van der Waals surface area contributed by atoms with Gasteiger partial charge in [0.25, 0.3) is 0 Å². The zero-order valence-electron chi connectivity index (χ0n) is 9.70. The highest BCUT2D eigenvalue weighted by molar-refractivity contribution is 9.10. The lowest BCUT2D eigenvalue weighted by Gasteiger charge is -2.10. The smallest absolute Gasteiger partial charge is 0.315 e. The van der Waals surface area contributed by atoms with E-state index in [0.717, 1.165) is 17.7 Å². The predicted octanol–water partition coefficient (Wildman–Crippen LogP) is 2.65. The highest BCUT2D eigenvalue weighted by atomic mass is 79.9. The third-order valence-electron chi connectivity index (χ3n) is 2.03. The number of ether oxygens (including phenoxy) is 1. The molecule has 1 aromatic rings. The number of nitro benzene ring substituents is 1. The second-order valence-corrected chi connectivity index (χ2v) is 4.42. The summed E-state index contributed by atoms with van der Waals surface area (Å²) < 4.78 is 18.6. The van der Waals surface area contributed by atoms with Crippen LogP contribution in [0.1, 0.15) is 0 Å². The van der Waals surface area contributed by atoms with E-state index in [1.54, 1.807) is 7.05 Å². The van der Waals surface area contributed by atoms with Gasteiger partial charge in [-0.1, -0.05) is 6.58 Å². The number of hydrogen-bond acceptors (Lipinski definition) is 4. The zero-order chi connectivity index (χ0) is 13.7. The van der Waals surface area contributed by atoms with E-state index in [2.05, 4.69) is 27.8 Å². The van der Waals surface area contributed by atoms with E-state index in [1.165, 1.54) is 0 Å². The van der Waals surface area contributed by atoms with Gasteiger partial charge in [0.2, 0.25) is 5.75 Å². The van der Waals surface area contributed by atoms with Crippen LogP contribution in [0.4, 0.5) is 10.1 Å². The molecule has 18 heavy (non-hydrogen) atoms. The molecule has 7 heteroatoms. The van der Waals surface area contributed by atoms with E-state index < -0.39 is 16.4 Å². The van der Waals surface area contributed by atoms with Gasteiger partial charge in [0.1, 0.15) is 12.4 Å². The Morgan fingerprint density at radius 1 is 1.67 bits per heavy atom. The van der Waals surface area contributed by atoms with Gasteiger partial charge < -0.3 is 10.1 Å². The molecular formula is C11H12BrFN2O3. The summed E-state index contributed by atoms with van der Waals surface area (Å²) in [6, 6.07) is 1.93. The molecule has 0 saturated carbocycles. The van der Waals surface area contributed by atoms with Gasteiger partial charge in [0.05, 0.1) is 15.5 Å². The fraction of sp³-hybridized carbons (Fsp3) is 0.273. The highest BCUT2D eigenvalue weighted by Crippen LogP contribution is 2.36. The summed E-state index contributed by atoms with van der Waals surface area (Å²) in [5.74, 6) is -0.700. The average molecular weight is 319 g/mol. The summed E-state index contributed by atoms with van der Waals surface area (Å²) in [6.07, 6.45) is 0. The standard InChI is InChI=1S/C11H12BrFN2O3/c1-7(5-14-2)6-18-11-9(12)3-8(13)4-10(11)15(16)17/h3-4,14H,1,5-6H2,2H3. The van der Waals surface area contributed by atoms with Crippen LogP contribution in [0.3, 0.4) is 0 Å².